The van der Waals surface area contributed by atoms with Gasteiger partial charge in [-0.3, -0.25) is 9.89 Å². The first-order chi connectivity index (χ1) is 8.99. The van der Waals surface area contributed by atoms with Crippen molar-refractivity contribution in [2.24, 2.45) is 0 Å². The number of H-pyrrole nitrogens is 1. The molecule has 0 aliphatic rings. The summed E-state index contributed by atoms with van der Waals surface area (Å²) in [4.78, 5) is 12.1. The van der Waals surface area contributed by atoms with Crippen LogP contribution in [0.25, 0.3) is 0 Å². The van der Waals surface area contributed by atoms with E-state index in [1.165, 1.54) is 0 Å². The topological polar surface area (TPSA) is 57.8 Å². The van der Waals surface area contributed by atoms with E-state index < -0.39 is 0 Å². The molecule has 2 aromatic rings. The summed E-state index contributed by atoms with van der Waals surface area (Å²) in [7, 11) is 0. The molecule has 0 aliphatic carbocycles. The first kappa shape index (κ1) is 13.6. The van der Waals surface area contributed by atoms with Crippen LogP contribution < -0.4 is 5.32 Å². The molecule has 0 saturated heterocycles. The number of anilines is 1. The van der Waals surface area contributed by atoms with E-state index in [2.05, 4.69) is 15.5 Å². The molecule has 1 amide bonds. The van der Waals surface area contributed by atoms with Crippen LogP contribution in [-0.2, 0) is 11.2 Å². The molecule has 0 bridgehead atoms. The van der Waals surface area contributed by atoms with E-state index >= 15 is 0 Å². The molecule has 0 aliphatic heterocycles. The minimum absolute atomic E-state index is 0.0713. The second-order valence-electron chi connectivity index (χ2n) is 4.55. The third-order valence-electron chi connectivity index (χ3n) is 3.16. The van der Waals surface area contributed by atoms with Crippen molar-refractivity contribution in [3.63, 3.8) is 0 Å². The predicted molar refractivity (Wildman–Crippen MR) is 76.6 cm³/mol. The Hall–Kier alpha value is -1.81. The maximum atomic E-state index is 12.1. The lowest BCUT2D eigenvalue weighted by Gasteiger charge is -2.09. The van der Waals surface area contributed by atoms with Crippen molar-refractivity contribution in [2.45, 2.75) is 27.2 Å². The van der Waals surface area contributed by atoms with Crippen LogP contribution in [0, 0.1) is 20.8 Å². The lowest BCUT2D eigenvalue weighted by molar-refractivity contribution is -0.115. The number of carbonyl (C=O) groups is 1. The van der Waals surface area contributed by atoms with Gasteiger partial charge in [0.15, 0.2) is 0 Å². The summed E-state index contributed by atoms with van der Waals surface area (Å²) in [6.07, 6.45) is 0.306. The molecule has 2 N–H and O–H groups in total. The number of aryl methyl sites for hydroxylation is 2. The Morgan fingerprint density at radius 1 is 1.37 bits per heavy atom. The van der Waals surface area contributed by atoms with E-state index in [1.807, 2.05) is 32.9 Å². The summed E-state index contributed by atoms with van der Waals surface area (Å²) in [6.45, 7) is 5.68. The van der Waals surface area contributed by atoms with Gasteiger partial charge >= 0.3 is 0 Å². The molecule has 100 valence electrons. The highest BCUT2D eigenvalue weighted by molar-refractivity contribution is 6.31. The molecule has 0 atom stereocenters. The highest BCUT2D eigenvalue weighted by atomic mass is 35.5. The molecule has 19 heavy (non-hydrogen) atoms. The number of carbonyl (C=O) groups excluding carboxylic acids is 1. The second-order valence-corrected chi connectivity index (χ2v) is 4.96. The normalized spacial score (nSPS) is 10.5. The summed E-state index contributed by atoms with van der Waals surface area (Å²) in [6, 6.07) is 5.46. The largest absolute Gasteiger partial charge is 0.326 e. The zero-order valence-corrected chi connectivity index (χ0v) is 11.9. The first-order valence-electron chi connectivity index (χ1n) is 6.04. The average Bonchev–Trinajstić information content (AvgIpc) is 2.67. The maximum absolute atomic E-state index is 12.1. The second kappa shape index (κ2) is 5.45. The van der Waals surface area contributed by atoms with Crippen molar-refractivity contribution in [1.29, 1.82) is 0 Å². The van der Waals surface area contributed by atoms with Crippen molar-refractivity contribution in [3.05, 3.63) is 45.7 Å². The average molecular weight is 278 g/mol. The molecule has 2 rings (SSSR count). The molecular formula is C14H16ClN3O. The minimum Gasteiger partial charge on any atom is -0.326 e. The third-order valence-corrected chi connectivity index (χ3v) is 3.57. The standard InChI is InChI=1S/C14H16ClN3O/c1-8-12(15)5-4-6-13(8)16-14(19)7-11-9(2)17-18-10(11)3/h4-6H,7H2,1-3H3,(H,16,19)(H,17,18). The Kier molecular flexibility index (Phi) is 3.90. The maximum Gasteiger partial charge on any atom is 0.228 e. The van der Waals surface area contributed by atoms with Crippen LogP contribution in [0.15, 0.2) is 18.2 Å². The van der Waals surface area contributed by atoms with Crippen molar-refractivity contribution in [3.8, 4) is 0 Å². The smallest absolute Gasteiger partial charge is 0.228 e. The molecule has 0 fully saturated rings. The van der Waals surface area contributed by atoms with Crippen molar-refractivity contribution in [1.82, 2.24) is 10.2 Å². The zero-order valence-electron chi connectivity index (χ0n) is 11.2. The summed E-state index contributed by atoms with van der Waals surface area (Å²) >= 11 is 6.02. The van der Waals surface area contributed by atoms with Gasteiger partial charge in [0.2, 0.25) is 5.91 Å². The molecule has 5 heteroatoms. The fourth-order valence-corrected chi connectivity index (χ4v) is 2.11. The summed E-state index contributed by atoms with van der Waals surface area (Å²) in [5.41, 5.74) is 4.34. The molecule has 1 heterocycles. The predicted octanol–water partition coefficient (Wildman–Crippen LogP) is 3.17. The number of hydrogen-bond donors (Lipinski definition) is 2. The Labute approximate surface area is 117 Å². The zero-order chi connectivity index (χ0) is 14.0. The van der Waals surface area contributed by atoms with Crippen LogP contribution in [0.2, 0.25) is 5.02 Å². The fraction of sp³-hybridized carbons (Fsp3) is 0.286. The van der Waals surface area contributed by atoms with Crippen molar-refractivity contribution in [2.75, 3.05) is 5.32 Å². The Bertz CT molecular complexity index is 600. The van der Waals surface area contributed by atoms with E-state index in [4.69, 9.17) is 11.6 Å². The number of rotatable bonds is 3. The number of aromatic nitrogens is 2. The number of halogens is 1. The third kappa shape index (κ3) is 2.96. The SMILES string of the molecule is Cc1n[nH]c(C)c1CC(=O)Nc1cccc(Cl)c1C. The van der Waals surface area contributed by atoms with Gasteiger partial charge in [-0.05, 0) is 38.5 Å². The van der Waals surface area contributed by atoms with Gasteiger partial charge < -0.3 is 5.32 Å². The molecule has 0 unspecified atom stereocenters. The molecule has 0 saturated carbocycles. The summed E-state index contributed by atoms with van der Waals surface area (Å²) < 4.78 is 0. The number of amides is 1. The van der Waals surface area contributed by atoms with Gasteiger partial charge in [-0.25, -0.2) is 0 Å². The van der Waals surface area contributed by atoms with Crippen LogP contribution in [0.1, 0.15) is 22.5 Å². The van der Waals surface area contributed by atoms with Gasteiger partial charge in [0, 0.05) is 22.0 Å². The van der Waals surface area contributed by atoms with Crippen molar-refractivity contribution >= 4 is 23.2 Å². The quantitative estimate of drug-likeness (QED) is 0.905. The summed E-state index contributed by atoms with van der Waals surface area (Å²) in [5, 5.41) is 10.5. The van der Waals surface area contributed by atoms with E-state index in [0.29, 0.717) is 11.4 Å². The minimum atomic E-state index is -0.0713. The number of aromatic amines is 1. The van der Waals surface area contributed by atoms with E-state index in [1.54, 1.807) is 6.07 Å². The Morgan fingerprint density at radius 2 is 2.11 bits per heavy atom. The molecule has 0 radical (unpaired) electrons. The molecule has 1 aromatic heterocycles. The van der Waals surface area contributed by atoms with E-state index in [-0.39, 0.29) is 5.91 Å². The number of hydrogen-bond acceptors (Lipinski definition) is 2. The highest BCUT2D eigenvalue weighted by Crippen LogP contribution is 2.23. The Morgan fingerprint density at radius 3 is 2.74 bits per heavy atom. The van der Waals surface area contributed by atoms with Crippen LogP contribution in [0.4, 0.5) is 5.69 Å². The van der Waals surface area contributed by atoms with Gasteiger partial charge in [0.1, 0.15) is 0 Å². The molecule has 1 aromatic carbocycles. The van der Waals surface area contributed by atoms with Gasteiger partial charge in [0.25, 0.3) is 0 Å². The van der Waals surface area contributed by atoms with Crippen molar-refractivity contribution < 1.29 is 4.79 Å². The van der Waals surface area contributed by atoms with E-state index in [9.17, 15) is 4.79 Å². The molecule has 0 spiro atoms. The highest BCUT2D eigenvalue weighted by Gasteiger charge is 2.12. The van der Waals surface area contributed by atoms with Gasteiger partial charge in [-0.1, -0.05) is 17.7 Å². The van der Waals surface area contributed by atoms with Gasteiger partial charge in [0.05, 0.1) is 12.1 Å². The lowest BCUT2D eigenvalue weighted by Crippen LogP contribution is -2.16. The van der Waals surface area contributed by atoms with Crippen LogP contribution in [0.3, 0.4) is 0 Å². The number of nitrogens with one attached hydrogen (secondary N) is 2. The first-order valence-corrected chi connectivity index (χ1v) is 6.42. The number of benzene rings is 1. The van der Waals surface area contributed by atoms with Gasteiger partial charge in [-0.15, -0.1) is 0 Å². The van der Waals surface area contributed by atoms with E-state index in [0.717, 1.165) is 28.2 Å². The fourth-order valence-electron chi connectivity index (χ4n) is 1.93. The monoisotopic (exact) mass is 277 g/mol. The van der Waals surface area contributed by atoms with Crippen LogP contribution >= 0.6 is 11.6 Å². The summed E-state index contributed by atoms with van der Waals surface area (Å²) in [5.74, 6) is -0.0713. The van der Waals surface area contributed by atoms with Crippen LogP contribution in [0.5, 0.6) is 0 Å². The lowest BCUT2D eigenvalue weighted by atomic mass is 10.1. The molecular weight excluding hydrogens is 262 g/mol. The van der Waals surface area contributed by atoms with Gasteiger partial charge in [-0.2, -0.15) is 5.10 Å². The number of nitrogens with zero attached hydrogens (tertiary/aromatic N) is 1. The van der Waals surface area contributed by atoms with Crippen LogP contribution in [-0.4, -0.2) is 16.1 Å². The molecule has 4 nitrogen and oxygen atoms in total. The Balaban J connectivity index is 2.12.